The quantitative estimate of drug-likeness (QED) is 0.256. The maximum Gasteiger partial charge on any atom is 1.00 e. The average molecular weight is 438 g/mol. The van der Waals surface area contributed by atoms with Gasteiger partial charge in [0.05, 0.1) is 12.2 Å². The van der Waals surface area contributed by atoms with E-state index in [1.54, 1.807) is 6.26 Å². The third kappa shape index (κ3) is 13.6. The van der Waals surface area contributed by atoms with Gasteiger partial charge in [-0.15, -0.1) is 0 Å². The van der Waals surface area contributed by atoms with Crippen LogP contribution in [0, 0.1) is 0 Å². The summed E-state index contributed by atoms with van der Waals surface area (Å²) in [5.74, 6) is -3.23. The zero-order chi connectivity index (χ0) is 20.3. The van der Waals surface area contributed by atoms with Crippen LogP contribution in [0.5, 0.6) is 5.75 Å². The molecule has 11 heteroatoms. The van der Waals surface area contributed by atoms with Gasteiger partial charge in [0.2, 0.25) is 0 Å². The van der Waals surface area contributed by atoms with Crippen LogP contribution in [0.25, 0.3) is 6.08 Å². The molecule has 144 valence electrons. The fourth-order valence-electron chi connectivity index (χ4n) is 1.72. The first kappa shape index (κ1) is 30.0. The minimum Gasteiger partial charge on any atom is -0.550 e. The monoisotopic (exact) mass is 438 g/mol. The molecule has 0 aliphatic carbocycles. The fourth-order valence-corrected chi connectivity index (χ4v) is 2.31. The molecule has 0 radical (unpaired) electrons. The van der Waals surface area contributed by atoms with E-state index in [-0.39, 0.29) is 59.1 Å². The van der Waals surface area contributed by atoms with Crippen molar-refractivity contribution >= 4 is 28.1 Å². The van der Waals surface area contributed by atoms with Crippen LogP contribution in [-0.4, -0.2) is 30.2 Å². The van der Waals surface area contributed by atoms with Crippen LogP contribution in [0.15, 0.2) is 66.9 Å². The summed E-state index contributed by atoms with van der Waals surface area (Å²) in [5.41, 5.74) is 1.13. The Morgan fingerprint density at radius 3 is 1.83 bits per heavy atom. The van der Waals surface area contributed by atoms with Crippen molar-refractivity contribution in [1.29, 1.82) is 0 Å². The fraction of sp³-hybridized carbons (Fsp3) is 0.111. The number of benzene rings is 2. The van der Waals surface area contributed by atoms with Gasteiger partial charge in [-0.2, -0.15) is 8.42 Å². The van der Waals surface area contributed by atoms with Gasteiger partial charge in [-0.1, -0.05) is 48.5 Å². The molecule has 8 nitrogen and oxygen atoms in total. The number of para-hydroxylation sites is 1. The molecule has 1 atom stereocenters. The maximum absolute atomic E-state index is 10.2. The number of carbonyl (C=O) groups excluding carboxylic acids is 2. The summed E-state index contributed by atoms with van der Waals surface area (Å²) in [7, 11) is -4.94. The minimum absolute atomic E-state index is 0. The predicted molar refractivity (Wildman–Crippen MR) is 92.5 cm³/mol. The van der Waals surface area contributed by atoms with Crippen LogP contribution in [0.3, 0.4) is 0 Å². The second-order valence-electron chi connectivity index (χ2n) is 5.04. The van der Waals surface area contributed by atoms with Crippen molar-refractivity contribution in [1.82, 2.24) is 0 Å². The normalized spacial score (nSPS) is 11.1. The first-order chi connectivity index (χ1) is 12.7. The Kier molecular flexibility index (Phi) is 16.2. The molecule has 0 aliphatic heterocycles. The van der Waals surface area contributed by atoms with Gasteiger partial charge in [-0.25, -0.2) is 0 Å². The van der Waals surface area contributed by atoms with E-state index in [2.05, 4.69) is 0 Å². The number of hydrogen-bond donors (Lipinski definition) is 1. The van der Waals surface area contributed by atoms with E-state index >= 15 is 0 Å². The molecule has 2 rings (SSSR count). The minimum atomic E-state index is -4.94. The Hall–Kier alpha value is -1.17. The largest absolute Gasteiger partial charge is 1.00 e. The summed E-state index contributed by atoms with van der Waals surface area (Å²) >= 11 is 0. The molecule has 0 saturated heterocycles. The van der Waals surface area contributed by atoms with Gasteiger partial charge in [0.15, 0.2) is 0 Å². The zero-order valence-corrected chi connectivity index (χ0v) is 20.7. The molecule has 1 N–H and O–H groups in total. The number of ether oxygens (including phenoxy) is 1. The molecular formula is C18H16Na2O8S. The van der Waals surface area contributed by atoms with Crippen LogP contribution in [0.4, 0.5) is 0 Å². The molecule has 0 heterocycles. The summed E-state index contributed by atoms with van der Waals surface area (Å²) in [5, 5.41) is 17.3. The predicted octanol–water partition coefficient (Wildman–Crippen LogP) is -6.12. The summed E-state index contributed by atoms with van der Waals surface area (Å²) in [6.07, 6.45) is 2.30. The second kappa shape index (κ2) is 15.6. The first-order valence-electron chi connectivity index (χ1n) is 7.50. The third-order valence-electron chi connectivity index (χ3n) is 2.98. The van der Waals surface area contributed by atoms with Gasteiger partial charge in [0, 0.05) is 12.4 Å². The number of rotatable bonds is 7. The van der Waals surface area contributed by atoms with Crippen molar-refractivity contribution in [3.8, 4) is 5.75 Å². The average Bonchev–Trinajstić information content (AvgIpc) is 2.61. The van der Waals surface area contributed by atoms with Crippen LogP contribution < -0.4 is 74.1 Å². The van der Waals surface area contributed by atoms with E-state index in [9.17, 15) is 28.2 Å². The van der Waals surface area contributed by atoms with Crippen LogP contribution in [0.2, 0.25) is 0 Å². The van der Waals surface area contributed by atoms with Gasteiger partial charge in [0.1, 0.15) is 11.0 Å². The van der Waals surface area contributed by atoms with E-state index in [4.69, 9.17) is 9.29 Å². The van der Waals surface area contributed by atoms with Crippen LogP contribution in [0.1, 0.15) is 12.0 Å². The van der Waals surface area contributed by atoms with Crippen LogP contribution >= 0.6 is 0 Å². The van der Waals surface area contributed by atoms with E-state index in [0.29, 0.717) is 0 Å². The summed E-state index contributed by atoms with van der Waals surface area (Å²) < 4.78 is 33.9. The van der Waals surface area contributed by atoms with Crippen molar-refractivity contribution in [3.05, 3.63) is 72.5 Å². The number of aliphatic carboxylic acids is 2. The Bertz CT molecular complexity index is 871. The molecule has 0 fully saturated rings. The maximum atomic E-state index is 10.2. The van der Waals surface area contributed by atoms with Crippen molar-refractivity contribution in [2.24, 2.45) is 0 Å². The topological polar surface area (TPSA) is 144 Å². The third-order valence-corrected chi connectivity index (χ3v) is 4.06. The SMILES string of the molecule is C(=Cc1ccccc1)Oc1ccccc1.O=C([O-])CC(C(=O)[O-])S(=O)(=O)O.[Na+].[Na+]. The smallest absolute Gasteiger partial charge is 0.550 e. The molecule has 0 bridgehead atoms. The molecule has 0 amide bonds. The summed E-state index contributed by atoms with van der Waals surface area (Å²) in [4.78, 5) is 19.7. The van der Waals surface area contributed by atoms with Gasteiger partial charge >= 0.3 is 59.1 Å². The number of hydrogen-bond acceptors (Lipinski definition) is 7. The summed E-state index contributed by atoms with van der Waals surface area (Å²) in [6.45, 7) is 0. The van der Waals surface area contributed by atoms with Gasteiger partial charge < -0.3 is 24.5 Å². The van der Waals surface area contributed by atoms with Crippen molar-refractivity contribution < 1.29 is 96.6 Å². The van der Waals surface area contributed by atoms with Crippen LogP contribution in [-0.2, 0) is 19.7 Å². The van der Waals surface area contributed by atoms with Crippen molar-refractivity contribution in [2.75, 3.05) is 0 Å². The number of carboxylic acid groups (broad SMARTS) is 2. The Labute approximate surface area is 212 Å². The number of carbonyl (C=O) groups is 2. The summed E-state index contributed by atoms with van der Waals surface area (Å²) in [6, 6.07) is 19.8. The van der Waals surface area contributed by atoms with Crippen molar-refractivity contribution in [2.45, 2.75) is 11.7 Å². The Morgan fingerprint density at radius 1 is 0.966 bits per heavy atom. The molecule has 1 unspecified atom stereocenters. The van der Waals surface area contributed by atoms with Gasteiger partial charge in [-0.05, 0) is 23.8 Å². The molecule has 0 aliphatic rings. The molecule has 0 saturated carbocycles. The zero-order valence-electron chi connectivity index (χ0n) is 15.9. The number of carboxylic acids is 2. The molecular weight excluding hydrogens is 422 g/mol. The first-order valence-corrected chi connectivity index (χ1v) is 9.01. The van der Waals surface area contributed by atoms with Gasteiger partial charge in [-0.3, -0.25) is 4.55 Å². The Morgan fingerprint density at radius 2 is 1.45 bits per heavy atom. The standard InChI is InChI=1S/C14H12O.C4H6O7S.2Na/c1-3-7-13(8-4-1)11-12-15-14-9-5-2-6-10-14;5-3(6)1-2(4(7)8)12(9,10)11;;/h1-12H;2H,1H2,(H,5,6)(H,7,8)(H,9,10,11);;/q;;2*+1/p-2. The van der Waals surface area contributed by atoms with Gasteiger partial charge in [0.25, 0.3) is 10.1 Å². The van der Waals surface area contributed by atoms with Crippen molar-refractivity contribution in [3.63, 3.8) is 0 Å². The molecule has 29 heavy (non-hydrogen) atoms. The van der Waals surface area contributed by atoms with E-state index in [1.807, 2.05) is 66.7 Å². The molecule has 2 aromatic rings. The van der Waals surface area contributed by atoms with E-state index in [0.717, 1.165) is 11.3 Å². The second-order valence-corrected chi connectivity index (χ2v) is 6.64. The van der Waals surface area contributed by atoms with E-state index in [1.165, 1.54) is 0 Å². The molecule has 0 spiro atoms. The molecule has 0 aromatic heterocycles. The Balaban J connectivity index is 0. The molecule has 2 aromatic carbocycles. The van der Waals surface area contributed by atoms with E-state index < -0.39 is 33.7 Å².